The number of rotatable bonds is 11. The van der Waals surface area contributed by atoms with Crippen LogP contribution in [0.15, 0.2) is 53.1 Å². The van der Waals surface area contributed by atoms with Crippen LogP contribution >= 0.6 is 11.6 Å². The van der Waals surface area contributed by atoms with Crippen LogP contribution < -0.4 is 10.7 Å². The minimum absolute atomic E-state index is 0.00702. The molecule has 0 spiro atoms. The van der Waals surface area contributed by atoms with Crippen LogP contribution in [0.25, 0.3) is 11.3 Å². The number of hydrogen-bond acceptors (Lipinski definition) is 8. The Labute approximate surface area is 252 Å². The highest BCUT2D eigenvalue weighted by Crippen LogP contribution is 2.23. The van der Waals surface area contributed by atoms with E-state index in [4.69, 9.17) is 20.9 Å². The molecule has 1 aromatic heterocycles. The fraction of sp³-hybridized carbons (Fsp3) is 0.379. The highest BCUT2D eigenvalue weighted by atomic mass is 35.5. The summed E-state index contributed by atoms with van der Waals surface area (Å²) in [6.07, 6.45) is -0.604. The minimum atomic E-state index is -0.883. The molecule has 0 bridgehead atoms. The van der Waals surface area contributed by atoms with Crippen LogP contribution in [0.4, 0.5) is 19.4 Å². The molecule has 14 heteroatoms. The lowest BCUT2D eigenvalue weighted by Crippen LogP contribution is -2.51. The van der Waals surface area contributed by atoms with E-state index >= 15 is 0 Å². The first-order chi connectivity index (χ1) is 20.6. The first-order valence-corrected chi connectivity index (χ1v) is 14.1. The number of hydrazine groups is 1. The number of carbonyl (C=O) groups excluding carboxylic acids is 3. The number of halogens is 3. The summed E-state index contributed by atoms with van der Waals surface area (Å²) in [6.45, 7) is 3.77. The molecule has 1 saturated heterocycles. The Balaban J connectivity index is 1.41. The number of anilines is 1. The Hall–Kier alpha value is -4.07. The van der Waals surface area contributed by atoms with Crippen molar-refractivity contribution >= 4 is 35.3 Å². The molecule has 3 amide bonds. The van der Waals surface area contributed by atoms with Gasteiger partial charge in [0.05, 0.1) is 11.1 Å². The van der Waals surface area contributed by atoms with Crippen LogP contribution in [0.1, 0.15) is 25.3 Å². The van der Waals surface area contributed by atoms with Gasteiger partial charge >= 0.3 is 6.09 Å². The predicted molar refractivity (Wildman–Crippen MR) is 155 cm³/mol. The van der Waals surface area contributed by atoms with Gasteiger partial charge in [-0.3, -0.25) is 19.9 Å². The Morgan fingerprint density at radius 1 is 1.12 bits per heavy atom. The van der Waals surface area contributed by atoms with Gasteiger partial charge in [0, 0.05) is 57.7 Å². The molecule has 0 saturated carbocycles. The van der Waals surface area contributed by atoms with E-state index in [9.17, 15) is 23.2 Å². The molecule has 43 heavy (non-hydrogen) atoms. The van der Waals surface area contributed by atoms with Crippen molar-refractivity contribution in [2.24, 2.45) is 0 Å². The number of piperazine rings is 1. The Kier molecular flexibility index (Phi) is 11.0. The van der Waals surface area contributed by atoms with Gasteiger partial charge in [-0.05, 0) is 37.2 Å². The number of amides is 3. The van der Waals surface area contributed by atoms with Gasteiger partial charge < -0.3 is 19.1 Å². The molecular formula is C29H33ClF2N6O5. The lowest BCUT2D eigenvalue weighted by atomic mass is 10.1. The number of ether oxygens (including phenoxy) is 1. The van der Waals surface area contributed by atoms with Gasteiger partial charge in [0.25, 0.3) is 0 Å². The maximum absolute atomic E-state index is 14.0. The summed E-state index contributed by atoms with van der Waals surface area (Å²) in [7, 11) is 1.99. The van der Waals surface area contributed by atoms with Gasteiger partial charge in [0.1, 0.15) is 18.2 Å². The van der Waals surface area contributed by atoms with E-state index in [2.05, 4.69) is 20.8 Å². The summed E-state index contributed by atoms with van der Waals surface area (Å²) in [6, 6.07) is 10.7. The Morgan fingerprint density at radius 3 is 2.58 bits per heavy atom. The third kappa shape index (κ3) is 8.96. The molecule has 1 atom stereocenters. The van der Waals surface area contributed by atoms with E-state index in [0.717, 1.165) is 13.1 Å². The maximum atomic E-state index is 14.0. The van der Waals surface area contributed by atoms with Crippen molar-refractivity contribution in [1.82, 2.24) is 25.4 Å². The first-order valence-electron chi connectivity index (χ1n) is 13.7. The van der Waals surface area contributed by atoms with E-state index in [-0.39, 0.29) is 48.5 Å². The molecule has 1 aliphatic rings. The quantitative estimate of drug-likeness (QED) is 0.305. The second-order valence-corrected chi connectivity index (χ2v) is 10.5. The van der Waals surface area contributed by atoms with Crippen molar-refractivity contribution in [1.29, 1.82) is 0 Å². The van der Waals surface area contributed by atoms with E-state index in [0.29, 0.717) is 24.2 Å². The predicted octanol–water partition coefficient (Wildman–Crippen LogP) is 4.30. The van der Waals surface area contributed by atoms with Crippen LogP contribution in [0.5, 0.6) is 0 Å². The number of benzene rings is 2. The van der Waals surface area contributed by atoms with E-state index < -0.39 is 29.7 Å². The van der Waals surface area contributed by atoms with Crippen molar-refractivity contribution in [2.45, 2.75) is 32.4 Å². The van der Waals surface area contributed by atoms with Gasteiger partial charge in [-0.25, -0.2) is 19.0 Å². The molecular weight excluding hydrogens is 586 g/mol. The second-order valence-electron chi connectivity index (χ2n) is 10.1. The highest BCUT2D eigenvalue weighted by Gasteiger charge is 2.27. The summed E-state index contributed by atoms with van der Waals surface area (Å²) in [5.74, 6) is -1.27. The monoisotopic (exact) mass is 618 g/mol. The molecule has 2 heterocycles. The zero-order valence-corrected chi connectivity index (χ0v) is 24.6. The third-order valence-electron chi connectivity index (χ3n) is 6.98. The van der Waals surface area contributed by atoms with Crippen LogP contribution in [-0.4, -0.2) is 83.7 Å². The summed E-state index contributed by atoms with van der Waals surface area (Å²) in [4.78, 5) is 42.2. The van der Waals surface area contributed by atoms with Crippen LogP contribution in [0.3, 0.4) is 0 Å². The average molecular weight is 619 g/mol. The molecule has 4 rings (SSSR count). The Morgan fingerprint density at radius 2 is 1.86 bits per heavy atom. The standard InChI is InChI=1S/C29H33ClF2N6O5/c1-19(39)38(33-17-21-6-4-8-24(32)28(21)30)23(9-10-27(40)37-13-11-36(2)12-14-37)18-42-29(41)34-26-16-25(43-35-26)20-5-3-7-22(31)15-20/h3-8,15-16,23,33H,9-14,17-18H2,1-2H3,(H,34,35,41)/t23-/m0/s1. The fourth-order valence-electron chi connectivity index (χ4n) is 4.57. The molecule has 1 fully saturated rings. The Bertz CT molecular complexity index is 1430. The molecule has 11 nitrogen and oxygen atoms in total. The zero-order valence-electron chi connectivity index (χ0n) is 23.8. The molecule has 0 radical (unpaired) electrons. The third-order valence-corrected chi connectivity index (χ3v) is 7.40. The first kappa shape index (κ1) is 31.9. The second kappa shape index (κ2) is 14.9. The van der Waals surface area contributed by atoms with E-state index in [1.165, 1.54) is 48.3 Å². The van der Waals surface area contributed by atoms with Crippen molar-refractivity contribution in [3.63, 3.8) is 0 Å². The fourth-order valence-corrected chi connectivity index (χ4v) is 4.76. The van der Waals surface area contributed by atoms with Gasteiger partial charge in [-0.15, -0.1) is 0 Å². The number of carbonyl (C=O) groups is 3. The molecule has 2 N–H and O–H groups in total. The van der Waals surface area contributed by atoms with Crippen molar-refractivity contribution in [2.75, 3.05) is 45.2 Å². The summed E-state index contributed by atoms with van der Waals surface area (Å²) >= 11 is 6.08. The van der Waals surface area contributed by atoms with Crippen molar-refractivity contribution in [3.8, 4) is 11.3 Å². The topological polar surface area (TPSA) is 120 Å². The molecule has 1 aliphatic heterocycles. The van der Waals surface area contributed by atoms with Crippen LogP contribution in [0, 0.1) is 11.6 Å². The number of nitrogens with one attached hydrogen (secondary N) is 2. The number of hydrogen-bond donors (Lipinski definition) is 2. The van der Waals surface area contributed by atoms with Crippen molar-refractivity contribution in [3.05, 3.63) is 70.8 Å². The zero-order chi connectivity index (χ0) is 30.9. The van der Waals surface area contributed by atoms with Gasteiger partial charge in [-0.2, -0.15) is 0 Å². The molecule has 2 aromatic carbocycles. The number of nitrogens with zero attached hydrogens (tertiary/aromatic N) is 4. The van der Waals surface area contributed by atoms with Crippen LogP contribution in [0.2, 0.25) is 5.02 Å². The summed E-state index contributed by atoms with van der Waals surface area (Å²) in [5.41, 5.74) is 3.79. The molecule has 0 unspecified atom stereocenters. The van der Waals surface area contributed by atoms with Gasteiger partial charge in [0.15, 0.2) is 11.6 Å². The van der Waals surface area contributed by atoms with Gasteiger partial charge in [0.2, 0.25) is 11.8 Å². The largest absolute Gasteiger partial charge is 0.447 e. The summed E-state index contributed by atoms with van der Waals surface area (Å²) < 4.78 is 38.1. The normalized spacial score (nSPS) is 14.3. The summed E-state index contributed by atoms with van der Waals surface area (Å²) in [5, 5.41) is 7.38. The van der Waals surface area contributed by atoms with Crippen LogP contribution in [-0.2, 0) is 20.9 Å². The molecule has 0 aliphatic carbocycles. The van der Waals surface area contributed by atoms with E-state index in [1.807, 2.05) is 7.05 Å². The maximum Gasteiger partial charge on any atom is 0.412 e. The smallest absolute Gasteiger partial charge is 0.412 e. The van der Waals surface area contributed by atoms with Gasteiger partial charge in [-0.1, -0.05) is 41.0 Å². The minimum Gasteiger partial charge on any atom is -0.447 e. The lowest BCUT2D eigenvalue weighted by molar-refractivity contribution is -0.139. The lowest BCUT2D eigenvalue weighted by Gasteiger charge is -2.34. The van der Waals surface area contributed by atoms with Crippen molar-refractivity contribution < 1.29 is 32.4 Å². The highest BCUT2D eigenvalue weighted by molar-refractivity contribution is 6.31. The number of likely N-dealkylation sites (N-methyl/N-ethyl adjacent to an activating group) is 1. The molecule has 230 valence electrons. The average Bonchev–Trinajstić information content (AvgIpc) is 3.44. The molecule has 3 aromatic rings. The van der Waals surface area contributed by atoms with E-state index in [1.54, 1.807) is 17.0 Å². The SMILES string of the molecule is CC(=O)N(NCc1cccc(F)c1Cl)[C@@H](CCC(=O)N1CCN(C)CC1)COC(=O)Nc1cc(-c2cccc(F)c2)on1. The number of aromatic nitrogens is 1.